The Labute approximate surface area is 45.7 Å². The summed E-state index contributed by atoms with van der Waals surface area (Å²) in [6, 6.07) is 0. The summed E-state index contributed by atoms with van der Waals surface area (Å²) in [5, 5.41) is 0. The van der Waals surface area contributed by atoms with Gasteiger partial charge in [-0.05, 0) is 6.92 Å². The molecule has 0 aliphatic carbocycles. The lowest BCUT2D eigenvalue weighted by Crippen LogP contribution is -1.94. The summed E-state index contributed by atoms with van der Waals surface area (Å²) in [6.45, 7) is 1.70. The van der Waals surface area contributed by atoms with Gasteiger partial charge in [0, 0.05) is 7.05 Å². The first-order valence-electron chi connectivity index (χ1n) is 2.21. The van der Waals surface area contributed by atoms with E-state index >= 15 is 0 Å². The first-order chi connectivity index (χ1) is 3.70. The highest BCUT2D eigenvalue weighted by atomic mass is 16.5. The Morgan fingerprint density at radius 2 is 2.38 bits per heavy atom. The third-order valence-corrected chi connectivity index (χ3v) is 0.924. The molecular weight excluding hydrogens is 108 g/mol. The second-order valence-corrected chi connectivity index (χ2v) is 1.51. The van der Waals surface area contributed by atoms with E-state index in [-0.39, 0.29) is 0 Å². The molecule has 0 aliphatic heterocycles. The highest BCUT2D eigenvalue weighted by Gasteiger charge is 1.94. The maximum absolute atomic E-state index is 10.2. The Morgan fingerprint density at radius 3 is 2.50 bits per heavy atom. The van der Waals surface area contributed by atoms with Gasteiger partial charge in [0.25, 0.3) is 0 Å². The summed E-state index contributed by atoms with van der Waals surface area (Å²) in [7, 11) is 1.63. The molecule has 0 amide bonds. The monoisotopic (exact) mass is 114 g/mol. The molecule has 0 fully saturated rings. The van der Waals surface area contributed by atoms with E-state index in [0.717, 1.165) is 0 Å². The fourth-order valence-corrected chi connectivity index (χ4v) is 0.406. The molecule has 1 aromatic rings. The van der Waals surface area contributed by atoms with Crippen molar-refractivity contribution in [3.8, 4) is 0 Å². The van der Waals surface area contributed by atoms with E-state index in [1.165, 1.54) is 4.74 Å². The van der Waals surface area contributed by atoms with Gasteiger partial charge in [-0.3, -0.25) is 0 Å². The highest BCUT2D eigenvalue weighted by Crippen LogP contribution is 1.81. The number of hydrogen-bond acceptors (Lipinski definition) is 3. The summed E-state index contributed by atoms with van der Waals surface area (Å²) in [5.74, 6) is 0.0556. The van der Waals surface area contributed by atoms with Gasteiger partial charge in [-0.1, -0.05) is 0 Å². The molecule has 1 heterocycles. The minimum Gasteiger partial charge on any atom is -0.319 e. The van der Waals surface area contributed by atoms with Crippen molar-refractivity contribution in [1.82, 2.24) is 9.72 Å². The maximum atomic E-state index is 10.2. The van der Waals surface area contributed by atoms with Gasteiger partial charge in [-0.25, -0.2) is 4.79 Å². The SMILES string of the molecule is Cc1nc(=O)on1C. The Balaban J connectivity index is 3.35. The standard InChI is InChI=1S/C4H6N2O2/c1-3-5-4(7)8-6(3)2/h1-2H3. The molecule has 44 valence electrons. The summed E-state index contributed by atoms with van der Waals surface area (Å²) in [4.78, 5) is 13.7. The van der Waals surface area contributed by atoms with Gasteiger partial charge in [0.1, 0.15) is 5.82 Å². The van der Waals surface area contributed by atoms with Gasteiger partial charge in [0.05, 0.1) is 0 Å². The highest BCUT2D eigenvalue weighted by molar-refractivity contribution is 4.72. The van der Waals surface area contributed by atoms with E-state index < -0.39 is 5.76 Å². The maximum Gasteiger partial charge on any atom is 0.459 e. The number of aryl methyl sites for hydroxylation is 2. The summed E-state index contributed by atoms with van der Waals surface area (Å²) in [6.07, 6.45) is 0. The van der Waals surface area contributed by atoms with E-state index in [1.54, 1.807) is 14.0 Å². The minimum absolute atomic E-state index is 0.537. The Morgan fingerprint density at radius 1 is 1.75 bits per heavy atom. The van der Waals surface area contributed by atoms with Crippen LogP contribution in [0.5, 0.6) is 0 Å². The van der Waals surface area contributed by atoms with E-state index in [2.05, 4.69) is 9.51 Å². The second-order valence-electron chi connectivity index (χ2n) is 1.51. The first kappa shape index (κ1) is 5.08. The predicted molar refractivity (Wildman–Crippen MR) is 26.5 cm³/mol. The van der Waals surface area contributed by atoms with Crippen molar-refractivity contribution in [3.63, 3.8) is 0 Å². The molecule has 8 heavy (non-hydrogen) atoms. The van der Waals surface area contributed by atoms with Gasteiger partial charge in [0.15, 0.2) is 0 Å². The van der Waals surface area contributed by atoms with Crippen molar-refractivity contribution in [2.24, 2.45) is 7.05 Å². The van der Waals surface area contributed by atoms with Gasteiger partial charge < -0.3 is 4.52 Å². The van der Waals surface area contributed by atoms with E-state index in [0.29, 0.717) is 5.82 Å². The normalized spacial score (nSPS) is 9.75. The fourth-order valence-electron chi connectivity index (χ4n) is 0.406. The van der Waals surface area contributed by atoms with Crippen LogP contribution in [0.4, 0.5) is 0 Å². The Kier molecular flexibility index (Phi) is 0.932. The molecule has 0 saturated carbocycles. The number of aromatic nitrogens is 2. The van der Waals surface area contributed by atoms with Crippen molar-refractivity contribution < 1.29 is 4.52 Å². The van der Waals surface area contributed by atoms with Crippen molar-refractivity contribution >= 4 is 0 Å². The third kappa shape index (κ3) is 0.641. The zero-order valence-electron chi connectivity index (χ0n) is 4.71. The molecule has 0 unspecified atom stereocenters. The summed E-state index contributed by atoms with van der Waals surface area (Å²) in [5.41, 5.74) is 0. The third-order valence-electron chi connectivity index (χ3n) is 0.924. The topological polar surface area (TPSA) is 48.0 Å². The van der Waals surface area contributed by atoms with Gasteiger partial charge >= 0.3 is 5.76 Å². The second kappa shape index (κ2) is 1.47. The lowest BCUT2D eigenvalue weighted by atomic mass is 10.7. The van der Waals surface area contributed by atoms with Crippen LogP contribution in [0.15, 0.2) is 9.32 Å². The minimum atomic E-state index is -0.537. The Bertz CT molecular complexity index is 212. The van der Waals surface area contributed by atoms with Gasteiger partial charge in [-0.15, -0.1) is 0 Å². The lowest BCUT2D eigenvalue weighted by Gasteiger charge is -1.83. The number of nitrogens with zero attached hydrogens (tertiary/aromatic N) is 2. The van der Waals surface area contributed by atoms with E-state index in [9.17, 15) is 4.79 Å². The predicted octanol–water partition coefficient (Wildman–Crippen LogP) is -0.318. The molecule has 0 bridgehead atoms. The molecule has 1 aromatic heterocycles. The molecule has 4 heteroatoms. The molecule has 0 N–H and O–H groups in total. The quantitative estimate of drug-likeness (QED) is 0.464. The molecular formula is C4H6N2O2. The molecule has 0 radical (unpaired) electrons. The number of rotatable bonds is 0. The number of hydrogen-bond donors (Lipinski definition) is 0. The molecule has 0 atom stereocenters. The smallest absolute Gasteiger partial charge is 0.319 e. The molecule has 0 aliphatic rings. The van der Waals surface area contributed by atoms with Crippen LogP contribution in [0.3, 0.4) is 0 Å². The van der Waals surface area contributed by atoms with E-state index in [4.69, 9.17) is 0 Å². The lowest BCUT2D eigenvalue weighted by molar-refractivity contribution is 0.278. The zero-order valence-corrected chi connectivity index (χ0v) is 4.71. The zero-order chi connectivity index (χ0) is 6.15. The first-order valence-corrected chi connectivity index (χ1v) is 2.21. The van der Waals surface area contributed by atoms with Crippen LogP contribution < -0.4 is 5.76 Å². The fraction of sp³-hybridized carbons (Fsp3) is 0.500. The van der Waals surface area contributed by atoms with Crippen LogP contribution >= 0.6 is 0 Å². The van der Waals surface area contributed by atoms with Crippen LogP contribution in [0.25, 0.3) is 0 Å². The summed E-state index contributed by atoms with van der Waals surface area (Å²) < 4.78 is 5.79. The van der Waals surface area contributed by atoms with Crippen LogP contribution in [-0.2, 0) is 7.05 Å². The van der Waals surface area contributed by atoms with E-state index in [1.807, 2.05) is 0 Å². The molecule has 0 aromatic carbocycles. The van der Waals surface area contributed by atoms with Crippen molar-refractivity contribution in [2.75, 3.05) is 0 Å². The van der Waals surface area contributed by atoms with Crippen LogP contribution in [0.1, 0.15) is 5.82 Å². The molecule has 4 nitrogen and oxygen atoms in total. The summed E-state index contributed by atoms with van der Waals surface area (Å²) >= 11 is 0. The van der Waals surface area contributed by atoms with Crippen LogP contribution in [0, 0.1) is 6.92 Å². The Hall–Kier alpha value is -1.06. The van der Waals surface area contributed by atoms with Crippen molar-refractivity contribution in [1.29, 1.82) is 0 Å². The molecule has 0 spiro atoms. The molecule has 1 rings (SSSR count). The molecule has 0 saturated heterocycles. The van der Waals surface area contributed by atoms with Gasteiger partial charge in [0.2, 0.25) is 0 Å². The average molecular weight is 114 g/mol. The van der Waals surface area contributed by atoms with Crippen LogP contribution in [-0.4, -0.2) is 9.72 Å². The largest absolute Gasteiger partial charge is 0.459 e. The average Bonchev–Trinajstić information content (AvgIpc) is 1.85. The van der Waals surface area contributed by atoms with Crippen molar-refractivity contribution in [3.05, 3.63) is 16.4 Å². The van der Waals surface area contributed by atoms with Crippen LogP contribution in [0.2, 0.25) is 0 Å². The van der Waals surface area contributed by atoms with Crippen molar-refractivity contribution in [2.45, 2.75) is 6.92 Å². The van der Waals surface area contributed by atoms with Gasteiger partial charge in [-0.2, -0.15) is 9.72 Å².